The van der Waals surface area contributed by atoms with Crippen molar-refractivity contribution in [1.82, 2.24) is 24.2 Å². The molecule has 0 aliphatic rings. The number of alkyl carbamates (subject to hydrolysis) is 1. The Kier molecular flexibility index (Phi) is 8.45. The van der Waals surface area contributed by atoms with Crippen LogP contribution in [0.5, 0.6) is 0 Å². The van der Waals surface area contributed by atoms with E-state index in [2.05, 4.69) is 20.6 Å². The molecule has 0 bridgehead atoms. The number of amides is 1. The molecule has 0 aliphatic carbocycles. The number of hydrogen-bond donors (Lipinski definition) is 3. The number of rotatable bonds is 10. The van der Waals surface area contributed by atoms with Crippen LogP contribution in [0.2, 0.25) is 5.02 Å². The second-order valence-electron chi connectivity index (χ2n) is 11.5. The van der Waals surface area contributed by atoms with Crippen LogP contribution < -0.4 is 10.6 Å². The van der Waals surface area contributed by atoms with Crippen molar-refractivity contribution in [3.05, 3.63) is 102 Å². The number of aromatic amines is 1. The fourth-order valence-electron chi connectivity index (χ4n) is 5.05. The van der Waals surface area contributed by atoms with Gasteiger partial charge in [0.1, 0.15) is 5.60 Å². The molecular formula is C34H33ClN6O4S. The number of aromatic nitrogens is 4. The van der Waals surface area contributed by atoms with Crippen LogP contribution in [0.1, 0.15) is 32.9 Å². The number of halogens is 1. The van der Waals surface area contributed by atoms with E-state index in [0.29, 0.717) is 41.1 Å². The van der Waals surface area contributed by atoms with Gasteiger partial charge in [-0.05, 0) is 62.1 Å². The maximum atomic E-state index is 13.6. The average Bonchev–Trinajstić information content (AvgIpc) is 3.64. The third kappa shape index (κ3) is 6.42. The largest absolute Gasteiger partial charge is 0.444 e. The fourth-order valence-corrected chi connectivity index (χ4v) is 6.63. The van der Waals surface area contributed by atoms with Gasteiger partial charge < -0.3 is 20.4 Å². The number of carbonyl (C=O) groups excluding carboxylic acids is 1. The molecule has 0 unspecified atom stereocenters. The summed E-state index contributed by atoms with van der Waals surface area (Å²) in [4.78, 5) is 24.8. The first-order chi connectivity index (χ1) is 22.0. The molecular weight excluding hydrogens is 624 g/mol. The summed E-state index contributed by atoms with van der Waals surface area (Å²) in [5.41, 5.74) is 3.57. The number of H-pyrrole nitrogens is 1. The summed E-state index contributed by atoms with van der Waals surface area (Å²) >= 11 is 6.60. The van der Waals surface area contributed by atoms with Crippen LogP contribution in [-0.4, -0.2) is 45.6 Å². The normalized spacial score (nSPS) is 12.0. The Bertz CT molecular complexity index is 2160. The minimum atomic E-state index is -3.88. The van der Waals surface area contributed by atoms with Gasteiger partial charge in [-0.3, -0.25) is 0 Å². The lowest BCUT2D eigenvalue weighted by Gasteiger charge is -2.23. The van der Waals surface area contributed by atoms with Crippen molar-refractivity contribution in [3.8, 4) is 11.3 Å². The van der Waals surface area contributed by atoms with E-state index >= 15 is 0 Å². The molecule has 0 atom stereocenters. The molecule has 12 heteroatoms. The van der Waals surface area contributed by atoms with E-state index in [1.807, 2.05) is 57.2 Å². The van der Waals surface area contributed by atoms with Crippen LogP contribution in [0.4, 0.5) is 16.4 Å². The monoisotopic (exact) mass is 656 g/mol. The SMILES string of the molecule is CCC(C)(C)OC(=O)NCCc1cc2ccc(Nc3ncc(Cl)c(-c4cn(S(=O)(=O)c5ccccc5)c5ccccc45)n3)cc2[nH]1. The molecule has 0 spiro atoms. The van der Waals surface area contributed by atoms with E-state index in [1.54, 1.807) is 48.7 Å². The quantitative estimate of drug-likeness (QED) is 0.138. The van der Waals surface area contributed by atoms with Gasteiger partial charge in [-0.1, -0.05) is 61.0 Å². The van der Waals surface area contributed by atoms with Crippen LogP contribution >= 0.6 is 11.6 Å². The summed E-state index contributed by atoms with van der Waals surface area (Å²) in [5, 5.41) is 8.03. The maximum absolute atomic E-state index is 13.6. The van der Waals surface area contributed by atoms with Gasteiger partial charge >= 0.3 is 6.09 Å². The van der Waals surface area contributed by atoms with Gasteiger partial charge in [-0.2, -0.15) is 0 Å². The highest BCUT2D eigenvalue weighted by Crippen LogP contribution is 2.36. The zero-order chi connectivity index (χ0) is 32.5. The first-order valence-corrected chi connectivity index (χ1v) is 16.6. The topological polar surface area (TPSA) is 131 Å². The van der Waals surface area contributed by atoms with E-state index < -0.39 is 21.7 Å². The highest BCUT2D eigenvalue weighted by atomic mass is 35.5. The number of anilines is 2. The van der Waals surface area contributed by atoms with Gasteiger partial charge in [0.25, 0.3) is 10.0 Å². The number of para-hydroxylation sites is 1. The van der Waals surface area contributed by atoms with Crippen molar-refractivity contribution in [3.63, 3.8) is 0 Å². The van der Waals surface area contributed by atoms with Gasteiger partial charge in [0, 0.05) is 47.0 Å². The van der Waals surface area contributed by atoms with Crippen molar-refractivity contribution in [1.29, 1.82) is 0 Å². The lowest BCUT2D eigenvalue weighted by Crippen LogP contribution is -2.35. The van der Waals surface area contributed by atoms with Crippen LogP contribution in [0.3, 0.4) is 0 Å². The zero-order valence-electron chi connectivity index (χ0n) is 25.5. The van der Waals surface area contributed by atoms with Crippen LogP contribution in [0.15, 0.2) is 96.2 Å². The Hall–Kier alpha value is -4.87. The van der Waals surface area contributed by atoms with Gasteiger partial charge in [0.15, 0.2) is 0 Å². The molecule has 3 aromatic carbocycles. The molecule has 1 amide bonds. The molecule has 0 saturated carbocycles. The molecule has 6 rings (SSSR count). The Balaban J connectivity index is 1.23. The number of nitrogens with zero attached hydrogens (tertiary/aromatic N) is 3. The highest BCUT2D eigenvalue weighted by Gasteiger charge is 2.23. The van der Waals surface area contributed by atoms with E-state index in [1.165, 1.54) is 10.2 Å². The maximum Gasteiger partial charge on any atom is 0.407 e. The van der Waals surface area contributed by atoms with Gasteiger partial charge in [-0.25, -0.2) is 27.2 Å². The van der Waals surface area contributed by atoms with Crippen molar-refractivity contribution in [2.75, 3.05) is 11.9 Å². The predicted octanol–water partition coefficient (Wildman–Crippen LogP) is 7.67. The van der Waals surface area contributed by atoms with Crippen LogP contribution in [0.25, 0.3) is 33.1 Å². The standard InChI is InChI=1S/C34H33ClN6O4S/c1-4-34(2,3)45-33(42)36-17-16-24-18-22-14-15-23(19-29(22)38-24)39-32-37-20-28(35)31(40-32)27-21-41(30-13-9-8-12-26(27)30)46(43,44)25-10-6-5-7-11-25/h5-15,18-21,38H,4,16-17H2,1-3H3,(H,36,42)(H,37,39,40). The van der Waals surface area contributed by atoms with Crippen LogP contribution in [-0.2, 0) is 21.2 Å². The smallest absolute Gasteiger partial charge is 0.407 e. The van der Waals surface area contributed by atoms with Crippen molar-refractivity contribution < 1.29 is 17.9 Å². The first kappa shape index (κ1) is 31.1. The fraction of sp³-hybridized carbons (Fsp3) is 0.206. The Morgan fingerprint density at radius 1 is 1.04 bits per heavy atom. The second-order valence-corrected chi connectivity index (χ2v) is 13.7. The van der Waals surface area contributed by atoms with E-state index in [0.717, 1.165) is 28.7 Å². The minimum Gasteiger partial charge on any atom is -0.444 e. The summed E-state index contributed by atoms with van der Waals surface area (Å²) in [7, 11) is -3.88. The van der Waals surface area contributed by atoms with Crippen molar-refractivity contribution >= 4 is 61.2 Å². The van der Waals surface area contributed by atoms with Crippen molar-refractivity contribution in [2.24, 2.45) is 0 Å². The number of carbonyl (C=O) groups is 1. The summed E-state index contributed by atoms with van der Waals surface area (Å²) in [6.45, 7) is 6.16. The molecule has 6 aromatic rings. The molecule has 3 aromatic heterocycles. The van der Waals surface area contributed by atoms with Gasteiger partial charge in [-0.15, -0.1) is 0 Å². The summed E-state index contributed by atoms with van der Waals surface area (Å²) in [5.74, 6) is 0.297. The number of nitrogens with one attached hydrogen (secondary N) is 3. The molecule has 3 N–H and O–H groups in total. The highest BCUT2D eigenvalue weighted by molar-refractivity contribution is 7.90. The van der Waals surface area contributed by atoms with Gasteiger partial charge in [0.05, 0.1) is 27.3 Å². The molecule has 0 radical (unpaired) electrons. The molecule has 10 nitrogen and oxygen atoms in total. The molecule has 0 saturated heterocycles. The molecule has 0 aliphatic heterocycles. The van der Waals surface area contributed by atoms with E-state index in [4.69, 9.17) is 21.3 Å². The Morgan fingerprint density at radius 3 is 2.59 bits per heavy atom. The number of fused-ring (bicyclic) bond motifs is 2. The summed E-state index contributed by atoms with van der Waals surface area (Å²) in [6.07, 6.45) is 3.95. The second kappa shape index (κ2) is 12.5. The van der Waals surface area contributed by atoms with Crippen molar-refractivity contribution in [2.45, 2.75) is 44.1 Å². The Labute approximate surface area is 271 Å². The molecule has 46 heavy (non-hydrogen) atoms. The third-order valence-electron chi connectivity index (χ3n) is 7.80. The number of ether oxygens (including phenoxy) is 1. The Morgan fingerprint density at radius 2 is 1.80 bits per heavy atom. The number of hydrogen-bond acceptors (Lipinski definition) is 7. The minimum absolute atomic E-state index is 0.177. The van der Waals surface area contributed by atoms with Crippen LogP contribution in [0, 0.1) is 0 Å². The van der Waals surface area contributed by atoms with E-state index in [9.17, 15) is 13.2 Å². The van der Waals surface area contributed by atoms with E-state index in [-0.39, 0.29) is 9.92 Å². The molecule has 236 valence electrons. The molecule has 0 fully saturated rings. The molecule has 3 heterocycles. The number of benzene rings is 3. The summed E-state index contributed by atoms with van der Waals surface area (Å²) < 4.78 is 33.9. The zero-order valence-corrected chi connectivity index (χ0v) is 27.1. The van der Waals surface area contributed by atoms with Gasteiger partial charge in [0.2, 0.25) is 5.95 Å². The predicted molar refractivity (Wildman–Crippen MR) is 181 cm³/mol. The lowest BCUT2D eigenvalue weighted by molar-refractivity contribution is 0.0364. The third-order valence-corrected chi connectivity index (χ3v) is 9.76. The average molecular weight is 657 g/mol. The lowest BCUT2D eigenvalue weighted by atomic mass is 10.1. The summed E-state index contributed by atoms with van der Waals surface area (Å²) in [6, 6.07) is 23.4. The first-order valence-electron chi connectivity index (χ1n) is 14.8.